The quantitative estimate of drug-likeness (QED) is 0.229. The van der Waals surface area contributed by atoms with Crippen molar-refractivity contribution in [1.29, 1.82) is 0 Å². The Balaban J connectivity index is 1.39. The molecule has 0 spiro atoms. The highest BCUT2D eigenvalue weighted by Crippen LogP contribution is 2.40. The molecule has 0 saturated heterocycles. The minimum absolute atomic E-state index is 0.0144. The van der Waals surface area contributed by atoms with Crippen LogP contribution in [0, 0.1) is 5.92 Å². The summed E-state index contributed by atoms with van der Waals surface area (Å²) in [6, 6.07) is 7.52. The molecule has 1 saturated carbocycles. The van der Waals surface area contributed by atoms with Gasteiger partial charge >= 0.3 is 7.60 Å². The number of nitrogens with zero attached hydrogens (tertiary/aromatic N) is 5. The summed E-state index contributed by atoms with van der Waals surface area (Å²) in [5.74, 6) is -0.131. The molecule has 2 aliphatic carbocycles. The van der Waals surface area contributed by atoms with E-state index in [-0.39, 0.29) is 24.4 Å². The third kappa shape index (κ3) is 4.55. The minimum atomic E-state index is -4.33. The van der Waals surface area contributed by atoms with E-state index < -0.39 is 38.1 Å². The van der Waals surface area contributed by atoms with E-state index in [1.165, 1.54) is 15.8 Å². The SMILES string of the molecule is O=P(O)(O)COC[C@H]1C[C@@H](n2nnc3c(N[C@H]4CCc5ccccc54)nc(Cl)nc32)[C@H](O)[C@@H]1O. The molecule has 14 heteroatoms. The van der Waals surface area contributed by atoms with E-state index in [4.69, 9.17) is 26.1 Å². The number of fused-ring (bicyclic) bond motifs is 2. The predicted molar refractivity (Wildman–Crippen MR) is 121 cm³/mol. The van der Waals surface area contributed by atoms with Gasteiger partial charge in [-0.05, 0) is 42.0 Å². The van der Waals surface area contributed by atoms with Gasteiger partial charge in [0, 0.05) is 5.92 Å². The zero-order chi connectivity index (χ0) is 24.0. The van der Waals surface area contributed by atoms with Gasteiger partial charge in [-0.15, -0.1) is 5.10 Å². The molecule has 1 aromatic carbocycles. The molecular weight excluding hydrogens is 487 g/mol. The molecule has 0 aliphatic heterocycles. The molecule has 3 aromatic rings. The van der Waals surface area contributed by atoms with E-state index in [1.54, 1.807) is 0 Å². The number of rotatable bonds is 7. The van der Waals surface area contributed by atoms with E-state index in [0.717, 1.165) is 12.8 Å². The highest BCUT2D eigenvalue weighted by Gasteiger charge is 2.44. The number of aromatic nitrogens is 5. The van der Waals surface area contributed by atoms with Crippen molar-refractivity contribution in [2.75, 3.05) is 18.3 Å². The maximum Gasteiger partial charge on any atom is 0.350 e. The minimum Gasteiger partial charge on any atom is -0.390 e. The lowest BCUT2D eigenvalue weighted by Crippen LogP contribution is -2.31. The number of nitrogens with one attached hydrogen (secondary N) is 1. The maximum atomic E-state index is 11.0. The molecule has 5 rings (SSSR count). The number of aliphatic hydroxyl groups excluding tert-OH is 2. The average molecular weight is 511 g/mol. The molecule has 0 bridgehead atoms. The van der Waals surface area contributed by atoms with Crippen LogP contribution >= 0.6 is 19.2 Å². The summed E-state index contributed by atoms with van der Waals surface area (Å²) >= 11 is 6.21. The summed E-state index contributed by atoms with van der Waals surface area (Å²) < 4.78 is 17.5. The number of benzene rings is 1. The van der Waals surface area contributed by atoms with Crippen LogP contribution in [0.25, 0.3) is 11.2 Å². The van der Waals surface area contributed by atoms with Gasteiger partial charge in [0.2, 0.25) is 5.28 Å². The molecule has 182 valence electrons. The Kier molecular flexibility index (Phi) is 6.32. The zero-order valence-electron chi connectivity index (χ0n) is 17.9. The zero-order valence-corrected chi connectivity index (χ0v) is 19.5. The first-order valence-electron chi connectivity index (χ1n) is 10.8. The lowest BCUT2D eigenvalue weighted by molar-refractivity contribution is -0.0128. The van der Waals surface area contributed by atoms with Gasteiger partial charge in [-0.2, -0.15) is 9.97 Å². The van der Waals surface area contributed by atoms with Crippen LogP contribution in [-0.4, -0.2) is 70.1 Å². The van der Waals surface area contributed by atoms with E-state index in [2.05, 4.69) is 37.7 Å². The molecule has 0 amide bonds. The lowest BCUT2D eigenvalue weighted by atomic mass is 10.1. The van der Waals surface area contributed by atoms with E-state index in [1.807, 2.05) is 12.1 Å². The van der Waals surface area contributed by atoms with Crippen molar-refractivity contribution in [3.05, 3.63) is 40.7 Å². The van der Waals surface area contributed by atoms with Crippen molar-refractivity contribution in [2.45, 2.75) is 43.6 Å². The molecule has 0 radical (unpaired) electrons. The topological polar surface area (TPSA) is 176 Å². The first-order chi connectivity index (χ1) is 16.2. The molecule has 5 N–H and O–H groups in total. The fourth-order valence-corrected chi connectivity index (χ4v) is 5.34. The summed E-state index contributed by atoms with van der Waals surface area (Å²) in [5.41, 5.74) is 3.15. The molecular formula is C20H24ClN6O6P. The number of hydrogen-bond acceptors (Lipinski definition) is 9. The van der Waals surface area contributed by atoms with Crippen LogP contribution in [-0.2, 0) is 15.7 Å². The summed E-state index contributed by atoms with van der Waals surface area (Å²) in [5, 5.41) is 32.9. The summed E-state index contributed by atoms with van der Waals surface area (Å²) in [6.45, 7) is -0.129. The number of hydrogen-bond donors (Lipinski definition) is 5. The van der Waals surface area contributed by atoms with Gasteiger partial charge in [-0.25, -0.2) is 4.68 Å². The molecule has 34 heavy (non-hydrogen) atoms. The molecule has 5 atom stereocenters. The lowest BCUT2D eigenvalue weighted by Gasteiger charge is -2.17. The largest absolute Gasteiger partial charge is 0.390 e. The predicted octanol–water partition coefficient (Wildman–Crippen LogP) is 1.41. The van der Waals surface area contributed by atoms with Crippen molar-refractivity contribution in [2.24, 2.45) is 5.92 Å². The Morgan fingerprint density at radius 3 is 2.79 bits per heavy atom. The highest BCUT2D eigenvalue weighted by molar-refractivity contribution is 7.51. The maximum absolute atomic E-state index is 11.0. The highest BCUT2D eigenvalue weighted by atomic mass is 35.5. The monoisotopic (exact) mass is 510 g/mol. The summed E-state index contributed by atoms with van der Waals surface area (Å²) in [7, 11) is -4.33. The van der Waals surface area contributed by atoms with Crippen LogP contribution in [0.5, 0.6) is 0 Å². The van der Waals surface area contributed by atoms with Gasteiger partial charge in [-0.1, -0.05) is 29.5 Å². The average Bonchev–Trinajstić information content (AvgIpc) is 3.45. The third-order valence-corrected chi connectivity index (χ3v) is 7.11. The fraction of sp³-hybridized carbons (Fsp3) is 0.500. The standard InChI is InChI=1S/C20H24ClN6O6P/c21-20-23-18(22-13-6-5-10-3-1-2-4-12(10)13)15-19(24-20)27(26-25-15)14-7-11(16(28)17(14)29)8-33-9-34(30,31)32/h1-4,11,13-14,16-17,28-29H,5-9H2,(H,22,23,24)(H2,30,31,32)/t11-,13+,14-,16-,17+/m1/s1. The van der Waals surface area contributed by atoms with Crippen LogP contribution in [0.3, 0.4) is 0 Å². The van der Waals surface area contributed by atoms with Crippen LogP contribution in [0.15, 0.2) is 24.3 Å². The van der Waals surface area contributed by atoms with E-state index in [0.29, 0.717) is 17.0 Å². The summed E-state index contributed by atoms with van der Waals surface area (Å²) in [4.78, 5) is 26.5. The molecule has 1 fully saturated rings. The number of anilines is 1. The second kappa shape index (κ2) is 9.12. The molecule has 0 unspecified atom stereocenters. The van der Waals surface area contributed by atoms with Gasteiger partial charge < -0.3 is 30.1 Å². The molecule has 2 aliphatic rings. The second-order valence-electron chi connectivity index (χ2n) is 8.69. The number of ether oxygens (including phenoxy) is 1. The van der Waals surface area contributed by atoms with Gasteiger partial charge in [0.05, 0.1) is 24.8 Å². The summed E-state index contributed by atoms with van der Waals surface area (Å²) in [6.07, 6.45) is -1.07. The molecule has 2 aromatic heterocycles. The number of aryl methyl sites for hydroxylation is 1. The number of halogens is 1. The second-order valence-corrected chi connectivity index (χ2v) is 10.6. The van der Waals surface area contributed by atoms with Crippen molar-refractivity contribution in [3.63, 3.8) is 0 Å². The van der Waals surface area contributed by atoms with E-state index >= 15 is 0 Å². The van der Waals surface area contributed by atoms with Gasteiger partial charge in [0.25, 0.3) is 0 Å². The third-order valence-electron chi connectivity index (χ3n) is 6.42. The van der Waals surface area contributed by atoms with Gasteiger partial charge in [0.1, 0.15) is 12.5 Å². The van der Waals surface area contributed by atoms with Crippen molar-refractivity contribution < 1.29 is 29.3 Å². The fourth-order valence-electron chi connectivity index (χ4n) is 4.83. The van der Waals surface area contributed by atoms with E-state index in [9.17, 15) is 14.8 Å². The number of aliphatic hydroxyl groups is 2. The van der Waals surface area contributed by atoms with Gasteiger partial charge in [0.15, 0.2) is 17.0 Å². The normalized spacial score (nSPS) is 26.8. The first-order valence-corrected chi connectivity index (χ1v) is 13.0. The van der Waals surface area contributed by atoms with Crippen molar-refractivity contribution >= 4 is 36.2 Å². The Morgan fingerprint density at radius 2 is 2.00 bits per heavy atom. The molecule has 12 nitrogen and oxygen atoms in total. The Morgan fingerprint density at radius 1 is 1.21 bits per heavy atom. The van der Waals surface area contributed by atoms with Crippen LogP contribution in [0.4, 0.5) is 5.82 Å². The van der Waals surface area contributed by atoms with Crippen molar-refractivity contribution in [1.82, 2.24) is 25.0 Å². The van der Waals surface area contributed by atoms with Crippen molar-refractivity contribution in [3.8, 4) is 0 Å². The van der Waals surface area contributed by atoms with Gasteiger partial charge in [-0.3, -0.25) is 4.57 Å². The van der Waals surface area contributed by atoms with Crippen LogP contribution < -0.4 is 5.32 Å². The Bertz CT molecular complexity index is 1250. The van der Waals surface area contributed by atoms with Crippen LogP contribution in [0.1, 0.15) is 36.1 Å². The smallest absolute Gasteiger partial charge is 0.350 e. The Labute approximate surface area is 199 Å². The Hall–Kier alpha value is -2.18. The van der Waals surface area contributed by atoms with Crippen LogP contribution in [0.2, 0.25) is 5.28 Å². The molecule has 2 heterocycles. The first kappa shape index (κ1) is 23.6.